The highest BCUT2D eigenvalue weighted by molar-refractivity contribution is 6.42. The van der Waals surface area contributed by atoms with E-state index >= 15 is 0 Å². The standard InChI is InChI=1S/C31H30Cl3N3O4/c1-16-15-37(22-9-6-8-17(23(16)22)12-19(29(39)40)30(2,3)4)28(38)25-26(24-20(33)13-18(32)14-21(24)34)36-41-27(25)31(35-5)10-7-11-31/h6,8-9,12-15,35H,7,10-11H2,1-5H3,(H,39,40)/b19-12-. The summed E-state index contributed by atoms with van der Waals surface area (Å²) < 4.78 is 7.47. The summed E-state index contributed by atoms with van der Waals surface area (Å²) in [7, 11) is 1.83. The Morgan fingerprint density at radius 1 is 1.15 bits per heavy atom. The Bertz CT molecular complexity index is 1710. The molecule has 0 spiro atoms. The van der Waals surface area contributed by atoms with Gasteiger partial charge in [0.15, 0.2) is 5.76 Å². The molecule has 0 bridgehead atoms. The van der Waals surface area contributed by atoms with Crippen LogP contribution in [0.15, 0.2) is 46.6 Å². The minimum Gasteiger partial charge on any atom is -0.478 e. The number of halogens is 3. The Kier molecular flexibility index (Phi) is 7.62. The lowest BCUT2D eigenvalue weighted by molar-refractivity contribution is -0.133. The Balaban J connectivity index is 1.75. The molecule has 4 aromatic rings. The van der Waals surface area contributed by atoms with Gasteiger partial charge in [-0.2, -0.15) is 0 Å². The quantitative estimate of drug-likeness (QED) is 0.212. The number of nitrogens with zero attached hydrogens (tertiary/aromatic N) is 2. The number of hydrogen-bond donors (Lipinski definition) is 2. The fourth-order valence-corrected chi connectivity index (χ4v) is 6.55. The summed E-state index contributed by atoms with van der Waals surface area (Å²) >= 11 is 19.3. The lowest BCUT2D eigenvalue weighted by Gasteiger charge is -2.39. The summed E-state index contributed by atoms with van der Waals surface area (Å²) in [5.74, 6) is -0.936. The summed E-state index contributed by atoms with van der Waals surface area (Å²) in [6.07, 6.45) is 5.94. The van der Waals surface area contributed by atoms with Gasteiger partial charge in [-0.15, -0.1) is 0 Å². The van der Waals surface area contributed by atoms with E-state index in [0.29, 0.717) is 27.4 Å². The van der Waals surface area contributed by atoms with Crippen LogP contribution in [0, 0.1) is 12.3 Å². The second-order valence-electron chi connectivity index (χ2n) is 11.5. The van der Waals surface area contributed by atoms with Crippen LogP contribution in [-0.2, 0) is 10.3 Å². The predicted molar refractivity (Wildman–Crippen MR) is 163 cm³/mol. The molecule has 0 saturated heterocycles. The maximum Gasteiger partial charge on any atom is 0.332 e. The monoisotopic (exact) mass is 613 g/mol. The van der Waals surface area contributed by atoms with Gasteiger partial charge in [-0.3, -0.25) is 9.36 Å². The number of benzene rings is 2. The van der Waals surface area contributed by atoms with E-state index in [4.69, 9.17) is 39.3 Å². The summed E-state index contributed by atoms with van der Waals surface area (Å²) in [5.41, 5.74) is 2.10. The Labute approximate surface area is 253 Å². The van der Waals surface area contributed by atoms with Crippen molar-refractivity contribution in [3.05, 3.63) is 79.6 Å². The van der Waals surface area contributed by atoms with Crippen molar-refractivity contribution in [2.75, 3.05) is 7.05 Å². The van der Waals surface area contributed by atoms with Crippen LogP contribution in [0.3, 0.4) is 0 Å². The van der Waals surface area contributed by atoms with E-state index in [-0.39, 0.29) is 32.8 Å². The van der Waals surface area contributed by atoms with Crippen molar-refractivity contribution in [2.45, 2.75) is 52.5 Å². The number of aryl methyl sites for hydroxylation is 1. The number of fused-ring (bicyclic) bond motifs is 1. The molecule has 10 heteroatoms. The predicted octanol–water partition coefficient (Wildman–Crippen LogP) is 8.37. The van der Waals surface area contributed by atoms with Gasteiger partial charge >= 0.3 is 5.97 Å². The Hall–Kier alpha value is -3.10. The van der Waals surface area contributed by atoms with Crippen LogP contribution in [0.25, 0.3) is 28.2 Å². The van der Waals surface area contributed by atoms with Gasteiger partial charge in [0.1, 0.15) is 11.3 Å². The van der Waals surface area contributed by atoms with Gasteiger partial charge in [0.25, 0.3) is 5.91 Å². The average Bonchev–Trinajstić information content (AvgIpc) is 3.43. The smallest absolute Gasteiger partial charge is 0.332 e. The molecule has 0 aliphatic heterocycles. The van der Waals surface area contributed by atoms with E-state index in [1.54, 1.807) is 29.0 Å². The minimum atomic E-state index is -0.990. The third-order valence-corrected chi connectivity index (χ3v) is 8.69. The molecule has 1 fully saturated rings. The lowest BCUT2D eigenvalue weighted by Crippen LogP contribution is -2.46. The topological polar surface area (TPSA) is 97.4 Å². The van der Waals surface area contributed by atoms with Crippen LogP contribution < -0.4 is 5.32 Å². The lowest BCUT2D eigenvalue weighted by atomic mass is 9.73. The summed E-state index contributed by atoms with van der Waals surface area (Å²) in [6, 6.07) is 8.59. The number of carboxylic acids is 1. The fourth-order valence-electron chi connectivity index (χ4n) is 5.55. The number of rotatable bonds is 6. The highest BCUT2D eigenvalue weighted by Gasteiger charge is 2.45. The molecule has 7 nitrogen and oxygen atoms in total. The molecule has 2 heterocycles. The molecule has 2 aromatic heterocycles. The number of carbonyl (C=O) groups excluding carboxylic acids is 1. The van der Waals surface area contributed by atoms with E-state index < -0.39 is 16.9 Å². The molecule has 1 saturated carbocycles. The molecule has 2 N–H and O–H groups in total. The van der Waals surface area contributed by atoms with Gasteiger partial charge in [-0.05, 0) is 74.1 Å². The minimum absolute atomic E-state index is 0.231. The van der Waals surface area contributed by atoms with Crippen molar-refractivity contribution >= 4 is 63.7 Å². The Morgan fingerprint density at radius 2 is 1.80 bits per heavy atom. The number of hydrogen-bond acceptors (Lipinski definition) is 5. The molecule has 0 atom stereocenters. The van der Waals surface area contributed by atoms with E-state index in [0.717, 1.165) is 30.2 Å². The fraction of sp³-hybridized carbons (Fsp3) is 0.323. The van der Waals surface area contributed by atoms with Crippen molar-refractivity contribution in [2.24, 2.45) is 5.41 Å². The number of aliphatic carboxylic acids is 1. The van der Waals surface area contributed by atoms with Crippen LogP contribution in [-0.4, -0.2) is 33.8 Å². The van der Waals surface area contributed by atoms with Crippen LogP contribution in [0.1, 0.15) is 67.3 Å². The first kappa shape index (κ1) is 29.4. The average molecular weight is 615 g/mol. The second-order valence-corrected chi connectivity index (χ2v) is 12.8. The van der Waals surface area contributed by atoms with Crippen molar-refractivity contribution in [1.29, 1.82) is 0 Å². The van der Waals surface area contributed by atoms with Crippen molar-refractivity contribution < 1.29 is 19.2 Å². The maximum atomic E-state index is 14.6. The summed E-state index contributed by atoms with van der Waals surface area (Å²) in [6.45, 7) is 7.46. The third kappa shape index (κ3) is 4.99. The molecular formula is C31H30Cl3N3O4. The number of carbonyl (C=O) groups is 2. The zero-order valence-electron chi connectivity index (χ0n) is 23.4. The van der Waals surface area contributed by atoms with Crippen LogP contribution in [0.4, 0.5) is 0 Å². The zero-order chi connectivity index (χ0) is 29.9. The third-order valence-electron chi connectivity index (χ3n) is 7.88. The van der Waals surface area contributed by atoms with E-state index in [1.165, 1.54) is 0 Å². The van der Waals surface area contributed by atoms with Crippen LogP contribution >= 0.6 is 34.8 Å². The highest BCUT2D eigenvalue weighted by atomic mass is 35.5. The molecular weight excluding hydrogens is 585 g/mol. The van der Waals surface area contributed by atoms with Crippen molar-refractivity contribution in [3.63, 3.8) is 0 Å². The highest BCUT2D eigenvalue weighted by Crippen LogP contribution is 2.47. The molecule has 0 radical (unpaired) electrons. The van der Waals surface area contributed by atoms with Crippen molar-refractivity contribution in [1.82, 2.24) is 15.0 Å². The first-order chi connectivity index (χ1) is 19.3. The van der Waals surface area contributed by atoms with Crippen LogP contribution in [0.2, 0.25) is 15.1 Å². The molecule has 214 valence electrons. The summed E-state index contributed by atoms with van der Waals surface area (Å²) in [5, 5.41) is 19.2. The molecule has 5 rings (SSSR count). The van der Waals surface area contributed by atoms with Gasteiger partial charge in [-0.1, -0.05) is 72.9 Å². The first-order valence-corrected chi connectivity index (χ1v) is 14.4. The largest absolute Gasteiger partial charge is 0.478 e. The molecule has 1 aliphatic carbocycles. The molecule has 0 amide bonds. The SMILES string of the molecule is CNC1(c2onc(-c3c(Cl)cc(Cl)cc3Cl)c2C(=O)n2cc(C)c3c(/C=C(/C(=O)O)C(C)(C)C)cccc32)CCC1. The van der Waals surface area contributed by atoms with Crippen LogP contribution in [0.5, 0.6) is 0 Å². The maximum absolute atomic E-state index is 14.6. The zero-order valence-corrected chi connectivity index (χ0v) is 25.6. The van der Waals surface area contributed by atoms with Gasteiger partial charge in [0, 0.05) is 27.7 Å². The molecule has 2 aromatic carbocycles. The number of carboxylic acid groups (broad SMARTS) is 1. The van der Waals surface area contributed by atoms with Crippen molar-refractivity contribution in [3.8, 4) is 11.3 Å². The van der Waals surface area contributed by atoms with Gasteiger partial charge in [-0.25, -0.2) is 4.79 Å². The molecule has 1 aliphatic rings. The number of nitrogens with one attached hydrogen (secondary N) is 1. The van der Waals surface area contributed by atoms with Gasteiger partial charge in [0.05, 0.1) is 21.1 Å². The Morgan fingerprint density at radius 3 is 2.34 bits per heavy atom. The van der Waals surface area contributed by atoms with E-state index in [2.05, 4.69) is 10.5 Å². The second kappa shape index (κ2) is 10.6. The van der Waals surface area contributed by atoms with E-state index in [9.17, 15) is 14.7 Å². The number of aromatic nitrogens is 2. The summed E-state index contributed by atoms with van der Waals surface area (Å²) in [4.78, 5) is 26.7. The van der Waals surface area contributed by atoms with Gasteiger partial charge < -0.3 is 14.9 Å². The molecule has 41 heavy (non-hydrogen) atoms. The first-order valence-electron chi connectivity index (χ1n) is 13.2. The van der Waals surface area contributed by atoms with E-state index in [1.807, 2.05) is 52.9 Å². The normalized spacial score (nSPS) is 15.3. The van der Waals surface area contributed by atoms with Gasteiger partial charge in [0.2, 0.25) is 0 Å². The molecule has 0 unspecified atom stereocenters.